The van der Waals surface area contributed by atoms with Gasteiger partial charge >= 0.3 is 5.97 Å². The average Bonchev–Trinajstić information content (AvgIpc) is 2.36. The molecular weight excluding hydrogens is 268 g/mol. The number of likely N-dealkylation sites (N-methyl/N-ethyl adjacent to an activating group) is 1. The molecule has 0 saturated carbocycles. The van der Waals surface area contributed by atoms with Crippen LogP contribution in [0.25, 0.3) is 0 Å². The molecule has 0 heterocycles. The second-order valence-corrected chi connectivity index (χ2v) is 6.50. The van der Waals surface area contributed by atoms with E-state index >= 15 is 0 Å². The summed E-state index contributed by atoms with van der Waals surface area (Å²) in [5.41, 5.74) is 0.367. The van der Waals surface area contributed by atoms with E-state index in [9.17, 15) is 13.2 Å². The van der Waals surface area contributed by atoms with E-state index in [-0.39, 0.29) is 4.90 Å². The summed E-state index contributed by atoms with van der Waals surface area (Å²) in [6, 6.07) is 5.53. The largest absolute Gasteiger partial charge is 0.480 e. The second-order valence-electron chi connectivity index (χ2n) is 4.38. The fourth-order valence-electron chi connectivity index (χ4n) is 1.54. The van der Waals surface area contributed by atoms with Gasteiger partial charge in [0.05, 0.1) is 5.69 Å². The monoisotopic (exact) mass is 286 g/mol. The van der Waals surface area contributed by atoms with Crippen molar-refractivity contribution >= 4 is 21.7 Å². The number of carboxylic acids is 1. The van der Waals surface area contributed by atoms with Crippen molar-refractivity contribution in [3.8, 4) is 0 Å². The molecule has 0 spiro atoms. The third-order valence-corrected chi connectivity index (χ3v) is 4.80. The highest BCUT2D eigenvalue weighted by Crippen LogP contribution is 2.27. The van der Waals surface area contributed by atoms with E-state index in [1.807, 2.05) is 0 Å². The zero-order valence-corrected chi connectivity index (χ0v) is 12.2. The molecule has 19 heavy (non-hydrogen) atoms. The third-order valence-electron chi connectivity index (χ3n) is 2.94. The molecule has 0 radical (unpaired) electrons. The van der Waals surface area contributed by atoms with Crippen LogP contribution in [0.3, 0.4) is 0 Å². The van der Waals surface area contributed by atoms with Crippen LogP contribution in [-0.2, 0) is 14.8 Å². The van der Waals surface area contributed by atoms with Crippen molar-refractivity contribution in [3.05, 3.63) is 24.3 Å². The van der Waals surface area contributed by atoms with Gasteiger partial charge in [0.15, 0.2) is 0 Å². The molecule has 0 aromatic heterocycles. The molecule has 7 heteroatoms. The van der Waals surface area contributed by atoms with Crippen LogP contribution < -0.4 is 4.90 Å². The van der Waals surface area contributed by atoms with E-state index in [0.29, 0.717) is 5.69 Å². The number of anilines is 1. The van der Waals surface area contributed by atoms with E-state index in [2.05, 4.69) is 0 Å². The number of carbonyl (C=O) groups is 1. The number of rotatable bonds is 5. The van der Waals surface area contributed by atoms with Gasteiger partial charge in [0.25, 0.3) is 0 Å². The first-order valence-corrected chi connectivity index (χ1v) is 7.10. The van der Waals surface area contributed by atoms with Crippen LogP contribution in [0.1, 0.15) is 6.92 Å². The van der Waals surface area contributed by atoms with Crippen LogP contribution in [-0.4, -0.2) is 51.0 Å². The molecule has 0 aliphatic carbocycles. The normalized spacial score (nSPS) is 13.3. The highest BCUT2D eigenvalue weighted by atomic mass is 32.2. The van der Waals surface area contributed by atoms with E-state index < -0.39 is 22.0 Å². The summed E-state index contributed by atoms with van der Waals surface area (Å²) in [5, 5.41) is 9.02. The predicted molar refractivity (Wildman–Crippen MR) is 72.8 cm³/mol. The van der Waals surface area contributed by atoms with Gasteiger partial charge in [-0.25, -0.2) is 17.5 Å². The molecule has 1 rings (SSSR count). The minimum absolute atomic E-state index is 0.0931. The first kappa shape index (κ1) is 15.5. The first-order chi connectivity index (χ1) is 8.69. The molecule has 1 aromatic carbocycles. The third kappa shape index (κ3) is 3.05. The zero-order chi connectivity index (χ0) is 14.8. The molecular formula is C12H18N2O4S. The number of nitrogens with zero attached hydrogens (tertiary/aromatic N) is 2. The molecule has 6 nitrogen and oxygen atoms in total. The Morgan fingerprint density at radius 2 is 1.74 bits per heavy atom. The Kier molecular flexibility index (Phi) is 4.54. The van der Waals surface area contributed by atoms with Crippen LogP contribution in [0, 0.1) is 0 Å². The summed E-state index contributed by atoms with van der Waals surface area (Å²) < 4.78 is 25.5. The maximum absolute atomic E-state index is 12.2. The van der Waals surface area contributed by atoms with E-state index in [1.165, 1.54) is 32.0 Å². The highest BCUT2D eigenvalue weighted by Gasteiger charge is 2.26. The Morgan fingerprint density at radius 3 is 2.21 bits per heavy atom. The fourth-order valence-corrected chi connectivity index (χ4v) is 2.66. The molecule has 1 N–H and O–H groups in total. The highest BCUT2D eigenvalue weighted by molar-refractivity contribution is 7.89. The van der Waals surface area contributed by atoms with E-state index in [4.69, 9.17) is 5.11 Å². The van der Waals surface area contributed by atoms with Crippen LogP contribution >= 0.6 is 0 Å². The molecule has 0 aliphatic rings. The van der Waals surface area contributed by atoms with E-state index in [0.717, 1.165) is 4.31 Å². The molecule has 1 unspecified atom stereocenters. The minimum atomic E-state index is -3.61. The summed E-state index contributed by atoms with van der Waals surface area (Å²) in [7, 11) is 0.820. The quantitative estimate of drug-likeness (QED) is 0.868. The molecule has 0 bridgehead atoms. The summed E-state index contributed by atoms with van der Waals surface area (Å²) >= 11 is 0. The van der Waals surface area contributed by atoms with Gasteiger partial charge in [-0.1, -0.05) is 12.1 Å². The zero-order valence-electron chi connectivity index (χ0n) is 11.4. The van der Waals surface area contributed by atoms with Crippen molar-refractivity contribution in [1.29, 1.82) is 0 Å². The molecule has 0 saturated heterocycles. The number of benzene rings is 1. The number of hydrogen-bond donors (Lipinski definition) is 1. The van der Waals surface area contributed by atoms with Crippen LogP contribution in [0.15, 0.2) is 29.2 Å². The van der Waals surface area contributed by atoms with Crippen molar-refractivity contribution < 1.29 is 18.3 Å². The number of sulfonamides is 1. The van der Waals surface area contributed by atoms with Crippen molar-refractivity contribution in [1.82, 2.24) is 4.31 Å². The van der Waals surface area contributed by atoms with Gasteiger partial charge in [-0.2, -0.15) is 0 Å². The Bertz CT molecular complexity index is 569. The van der Waals surface area contributed by atoms with Gasteiger partial charge < -0.3 is 10.0 Å². The van der Waals surface area contributed by atoms with Gasteiger partial charge in [0.1, 0.15) is 10.9 Å². The molecule has 0 amide bonds. The molecule has 0 aliphatic heterocycles. The predicted octanol–water partition coefficient (Wildman–Crippen LogP) is 0.846. The average molecular weight is 286 g/mol. The fraction of sp³-hybridized carbons (Fsp3) is 0.417. The Hall–Kier alpha value is -1.60. The number of hydrogen-bond acceptors (Lipinski definition) is 4. The van der Waals surface area contributed by atoms with Crippen LogP contribution in [0.4, 0.5) is 5.69 Å². The van der Waals surface area contributed by atoms with Crippen molar-refractivity contribution in [3.63, 3.8) is 0 Å². The van der Waals surface area contributed by atoms with Crippen molar-refractivity contribution in [2.24, 2.45) is 0 Å². The van der Waals surface area contributed by atoms with Gasteiger partial charge in [-0.15, -0.1) is 0 Å². The van der Waals surface area contributed by atoms with Gasteiger partial charge in [0, 0.05) is 21.1 Å². The van der Waals surface area contributed by atoms with Crippen molar-refractivity contribution in [2.45, 2.75) is 17.9 Å². The topological polar surface area (TPSA) is 77.9 Å². The lowest BCUT2D eigenvalue weighted by atomic mass is 10.2. The van der Waals surface area contributed by atoms with Gasteiger partial charge in [-0.3, -0.25) is 0 Å². The lowest BCUT2D eigenvalue weighted by Crippen LogP contribution is -2.37. The standard InChI is InChI=1S/C12H18N2O4S/c1-9(12(15)16)14(4)10-7-5-6-8-11(10)19(17,18)13(2)3/h5-9H,1-4H3,(H,15,16). The summed E-state index contributed by atoms with van der Waals surface area (Å²) in [4.78, 5) is 12.5. The number of carboxylic acid groups (broad SMARTS) is 1. The maximum atomic E-state index is 12.2. The Morgan fingerprint density at radius 1 is 1.21 bits per heavy atom. The van der Waals surface area contributed by atoms with E-state index in [1.54, 1.807) is 25.2 Å². The van der Waals surface area contributed by atoms with Crippen molar-refractivity contribution in [2.75, 3.05) is 26.0 Å². The van der Waals surface area contributed by atoms with Crippen LogP contribution in [0.5, 0.6) is 0 Å². The van der Waals surface area contributed by atoms with Gasteiger partial charge in [0.2, 0.25) is 10.0 Å². The summed E-state index contributed by atoms with van der Waals surface area (Å²) in [6.07, 6.45) is 0. The second kappa shape index (κ2) is 5.58. The smallest absolute Gasteiger partial charge is 0.326 e. The first-order valence-electron chi connectivity index (χ1n) is 5.66. The maximum Gasteiger partial charge on any atom is 0.326 e. The Labute approximate surface area is 113 Å². The minimum Gasteiger partial charge on any atom is -0.480 e. The number of para-hydroxylation sites is 1. The molecule has 1 aromatic rings. The SMILES string of the molecule is CC(C(=O)O)N(C)c1ccccc1S(=O)(=O)N(C)C. The molecule has 0 fully saturated rings. The Balaban J connectivity index is 3.36. The molecule has 1 atom stereocenters. The number of aliphatic carboxylic acids is 1. The summed E-state index contributed by atoms with van der Waals surface area (Å²) in [6.45, 7) is 1.50. The van der Waals surface area contributed by atoms with Crippen LogP contribution in [0.2, 0.25) is 0 Å². The summed E-state index contributed by atoms with van der Waals surface area (Å²) in [5.74, 6) is -1.01. The lowest BCUT2D eigenvalue weighted by Gasteiger charge is -2.26. The lowest BCUT2D eigenvalue weighted by molar-refractivity contribution is -0.138. The van der Waals surface area contributed by atoms with Gasteiger partial charge in [-0.05, 0) is 19.1 Å². The molecule has 106 valence electrons.